The highest BCUT2D eigenvalue weighted by Gasteiger charge is 2.34. The maximum absolute atomic E-state index is 12.9. The summed E-state index contributed by atoms with van der Waals surface area (Å²) < 4.78 is 2.79. The lowest BCUT2D eigenvalue weighted by Crippen LogP contribution is -2.57. The van der Waals surface area contributed by atoms with E-state index in [1.165, 1.54) is 16.0 Å². The SMILES string of the molecule is Cc1nc2c(Br)cc(Br)cc2c(=O)n1NCc1nnc(NCC2C(=O)NC(=O)NC2=O)s1. The highest BCUT2D eigenvalue weighted by atomic mass is 79.9. The Balaban J connectivity index is 1.44. The molecule has 166 valence electrons. The predicted octanol–water partition coefficient (Wildman–Crippen LogP) is 1.22. The van der Waals surface area contributed by atoms with Crippen molar-refractivity contribution in [2.75, 3.05) is 17.3 Å². The van der Waals surface area contributed by atoms with E-state index >= 15 is 0 Å². The number of carbonyl (C=O) groups is 3. The summed E-state index contributed by atoms with van der Waals surface area (Å²) >= 11 is 7.98. The second-order valence-electron chi connectivity index (χ2n) is 6.66. The molecule has 0 bridgehead atoms. The summed E-state index contributed by atoms with van der Waals surface area (Å²) in [6, 6.07) is 2.68. The van der Waals surface area contributed by atoms with Crippen molar-refractivity contribution in [2.24, 2.45) is 5.92 Å². The lowest BCUT2D eigenvalue weighted by atomic mass is 10.1. The fourth-order valence-electron chi connectivity index (χ4n) is 2.97. The standard InChI is InChI=1S/C17H14Br2N8O4S/c1-6-22-12-8(2-7(18)3-10(12)19)15(30)27(6)21-5-11-25-26-17(32-11)20-4-9-13(28)23-16(31)24-14(9)29/h2-3,9,21H,4-5H2,1H3,(H,20,26)(H2,23,24,28,29,31). The summed E-state index contributed by atoms with van der Waals surface area (Å²) in [7, 11) is 0. The van der Waals surface area contributed by atoms with E-state index in [2.05, 4.69) is 57.8 Å². The molecule has 1 fully saturated rings. The molecule has 15 heteroatoms. The van der Waals surface area contributed by atoms with Crippen molar-refractivity contribution in [2.45, 2.75) is 13.5 Å². The van der Waals surface area contributed by atoms with Crippen molar-refractivity contribution in [3.05, 3.63) is 42.3 Å². The minimum Gasteiger partial charge on any atom is -0.359 e. The number of amides is 4. The van der Waals surface area contributed by atoms with Gasteiger partial charge in [-0.15, -0.1) is 10.2 Å². The van der Waals surface area contributed by atoms with Gasteiger partial charge in [-0.05, 0) is 35.0 Å². The van der Waals surface area contributed by atoms with E-state index in [0.29, 0.717) is 31.3 Å². The number of aromatic nitrogens is 4. The number of hydrogen-bond donors (Lipinski definition) is 4. The Kier molecular flexibility index (Phi) is 6.21. The first-order valence-electron chi connectivity index (χ1n) is 9.07. The van der Waals surface area contributed by atoms with Gasteiger partial charge in [0.25, 0.3) is 5.56 Å². The zero-order valence-electron chi connectivity index (χ0n) is 16.2. The van der Waals surface area contributed by atoms with Crippen LogP contribution in [-0.4, -0.2) is 44.2 Å². The van der Waals surface area contributed by atoms with Crippen LogP contribution in [0.2, 0.25) is 0 Å². The molecular formula is C17H14Br2N8O4S. The molecule has 0 spiro atoms. The van der Waals surface area contributed by atoms with Gasteiger partial charge in [0.15, 0.2) is 0 Å². The number of anilines is 1. The van der Waals surface area contributed by atoms with Gasteiger partial charge in [0.05, 0.1) is 17.4 Å². The number of urea groups is 1. The van der Waals surface area contributed by atoms with Crippen molar-refractivity contribution in [3.63, 3.8) is 0 Å². The lowest BCUT2D eigenvalue weighted by molar-refractivity contribution is -0.135. The normalized spacial score (nSPS) is 14.4. The van der Waals surface area contributed by atoms with Crippen molar-refractivity contribution in [3.8, 4) is 0 Å². The first-order chi connectivity index (χ1) is 15.2. The quantitative estimate of drug-likeness (QED) is 0.312. The number of hydrogen-bond acceptors (Lipinski definition) is 10. The molecule has 12 nitrogen and oxygen atoms in total. The smallest absolute Gasteiger partial charge is 0.328 e. The van der Waals surface area contributed by atoms with Crippen LogP contribution < -0.4 is 26.9 Å². The second-order valence-corrected chi connectivity index (χ2v) is 9.49. The average Bonchev–Trinajstić information content (AvgIpc) is 3.16. The van der Waals surface area contributed by atoms with E-state index in [-0.39, 0.29) is 18.6 Å². The molecule has 1 aliphatic heterocycles. The van der Waals surface area contributed by atoms with Gasteiger partial charge in [-0.3, -0.25) is 25.0 Å². The Morgan fingerprint density at radius 3 is 2.56 bits per heavy atom. The van der Waals surface area contributed by atoms with Crippen LogP contribution in [0.1, 0.15) is 10.8 Å². The molecule has 3 aromatic rings. The molecule has 0 atom stereocenters. The number of rotatable bonds is 6. The molecule has 3 heterocycles. The van der Waals surface area contributed by atoms with Crippen LogP contribution in [0.3, 0.4) is 0 Å². The second kappa shape index (κ2) is 8.91. The minimum atomic E-state index is -1.07. The molecule has 1 aromatic carbocycles. The van der Waals surface area contributed by atoms with Crippen molar-refractivity contribution in [1.82, 2.24) is 30.5 Å². The number of aryl methyl sites for hydroxylation is 1. The zero-order chi connectivity index (χ0) is 23.0. The monoisotopic (exact) mass is 584 g/mol. The highest BCUT2D eigenvalue weighted by Crippen LogP contribution is 2.25. The van der Waals surface area contributed by atoms with E-state index in [1.807, 2.05) is 16.7 Å². The van der Waals surface area contributed by atoms with Gasteiger partial charge in [-0.2, -0.15) is 0 Å². The summed E-state index contributed by atoms with van der Waals surface area (Å²) in [5.74, 6) is -1.97. The topological polar surface area (TPSA) is 160 Å². The summed E-state index contributed by atoms with van der Waals surface area (Å²) in [6.45, 7) is 1.85. The van der Waals surface area contributed by atoms with E-state index in [4.69, 9.17) is 0 Å². The van der Waals surface area contributed by atoms with Crippen LogP contribution in [0.25, 0.3) is 10.9 Å². The Bertz CT molecular complexity index is 1300. The number of imide groups is 2. The van der Waals surface area contributed by atoms with Gasteiger partial charge in [0, 0.05) is 15.5 Å². The van der Waals surface area contributed by atoms with Gasteiger partial charge in [-0.25, -0.2) is 14.5 Å². The number of nitrogens with one attached hydrogen (secondary N) is 4. The van der Waals surface area contributed by atoms with Gasteiger partial charge in [0.1, 0.15) is 16.7 Å². The van der Waals surface area contributed by atoms with Gasteiger partial charge >= 0.3 is 6.03 Å². The van der Waals surface area contributed by atoms with E-state index in [0.717, 1.165) is 4.47 Å². The van der Waals surface area contributed by atoms with Crippen molar-refractivity contribution >= 4 is 77.1 Å². The van der Waals surface area contributed by atoms with Crippen molar-refractivity contribution in [1.29, 1.82) is 0 Å². The third-order valence-corrected chi connectivity index (χ3v) is 6.42. The average molecular weight is 586 g/mol. The molecule has 32 heavy (non-hydrogen) atoms. The van der Waals surface area contributed by atoms with Gasteiger partial charge in [0.2, 0.25) is 16.9 Å². The predicted molar refractivity (Wildman–Crippen MR) is 123 cm³/mol. The first kappa shape index (κ1) is 22.3. The minimum absolute atomic E-state index is 0.0517. The number of carbonyl (C=O) groups excluding carboxylic acids is 3. The van der Waals surface area contributed by atoms with Crippen LogP contribution in [-0.2, 0) is 16.1 Å². The first-order valence-corrected chi connectivity index (χ1v) is 11.5. The molecule has 0 saturated carbocycles. The molecule has 0 unspecified atom stereocenters. The van der Waals surface area contributed by atoms with E-state index < -0.39 is 23.8 Å². The largest absolute Gasteiger partial charge is 0.359 e. The molecule has 0 radical (unpaired) electrons. The molecule has 4 rings (SSSR count). The maximum atomic E-state index is 12.9. The van der Waals surface area contributed by atoms with Crippen LogP contribution in [0.5, 0.6) is 0 Å². The van der Waals surface area contributed by atoms with E-state index in [1.54, 1.807) is 13.0 Å². The third-order valence-electron chi connectivity index (χ3n) is 4.48. The number of nitrogens with zero attached hydrogens (tertiary/aromatic N) is 4. The molecule has 4 amide bonds. The third kappa shape index (κ3) is 4.49. The number of barbiturate groups is 1. The number of halogens is 2. The van der Waals surface area contributed by atoms with Crippen LogP contribution in [0, 0.1) is 12.8 Å². The Labute approximate surface area is 200 Å². The van der Waals surface area contributed by atoms with Crippen LogP contribution in [0.15, 0.2) is 25.9 Å². The van der Waals surface area contributed by atoms with Gasteiger partial charge < -0.3 is 10.7 Å². The van der Waals surface area contributed by atoms with Gasteiger partial charge in [-0.1, -0.05) is 27.3 Å². The maximum Gasteiger partial charge on any atom is 0.328 e. The summed E-state index contributed by atoms with van der Waals surface area (Å²) in [6.07, 6.45) is 0. The lowest BCUT2D eigenvalue weighted by Gasteiger charge is -2.20. The fraction of sp³-hybridized carbons (Fsp3) is 0.235. The Hall–Kier alpha value is -2.91. The highest BCUT2D eigenvalue weighted by molar-refractivity contribution is 9.11. The summed E-state index contributed by atoms with van der Waals surface area (Å²) in [4.78, 5) is 52.1. The zero-order valence-corrected chi connectivity index (χ0v) is 20.2. The molecule has 1 aliphatic rings. The molecule has 4 N–H and O–H groups in total. The van der Waals surface area contributed by atoms with Crippen LogP contribution in [0.4, 0.5) is 9.93 Å². The number of benzene rings is 1. The Morgan fingerprint density at radius 1 is 1.12 bits per heavy atom. The van der Waals surface area contributed by atoms with Crippen molar-refractivity contribution < 1.29 is 14.4 Å². The van der Waals surface area contributed by atoms with E-state index in [9.17, 15) is 19.2 Å². The summed E-state index contributed by atoms with van der Waals surface area (Å²) in [5, 5.41) is 16.3. The Morgan fingerprint density at radius 2 is 1.84 bits per heavy atom. The molecular weight excluding hydrogens is 572 g/mol. The fourth-order valence-corrected chi connectivity index (χ4v) is 4.97. The molecule has 1 saturated heterocycles. The summed E-state index contributed by atoms with van der Waals surface area (Å²) in [5.41, 5.74) is 3.29. The molecule has 2 aromatic heterocycles. The molecule has 0 aliphatic carbocycles. The van der Waals surface area contributed by atoms with Crippen LogP contribution >= 0.6 is 43.2 Å². The number of fused-ring (bicyclic) bond motifs is 1.